The first-order chi connectivity index (χ1) is 16.1. The van der Waals surface area contributed by atoms with E-state index < -0.39 is 5.92 Å². The van der Waals surface area contributed by atoms with Gasteiger partial charge in [0, 0.05) is 24.7 Å². The number of nitrogens with zero attached hydrogens (tertiary/aromatic N) is 1. The van der Waals surface area contributed by atoms with Crippen molar-refractivity contribution in [1.29, 1.82) is 0 Å². The molecule has 178 valence electrons. The maximum atomic E-state index is 12.9. The number of carbonyl (C=O) groups excluding carboxylic acids is 2. The smallest absolute Gasteiger partial charge is 0.338 e. The van der Waals surface area contributed by atoms with Gasteiger partial charge in [0.2, 0.25) is 5.91 Å². The molecule has 2 unspecified atom stereocenters. The van der Waals surface area contributed by atoms with Gasteiger partial charge in [-0.3, -0.25) is 4.79 Å². The third-order valence-electron chi connectivity index (χ3n) is 6.64. The van der Waals surface area contributed by atoms with Gasteiger partial charge in [-0.2, -0.15) is 0 Å². The number of primary amides is 1. The van der Waals surface area contributed by atoms with Crippen molar-refractivity contribution in [2.24, 2.45) is 5.73 Å². The fraction of sp³-hybridized carbons (Fsp3) is 0.500. The van der Waals surface area contributed by atoms with Crippen LogP contribution in [0.25, 0.3) is 0 Å². The number of rotatable bonds is 11. The molecule has 0 bridgehead atoms. The fourth-order valence-corrected chi connectivity index (χ4v) is 4.98. The van der Waals surface area contributed by atoms with Crippen molar-refractivity contribution in [3.8, 4) is 0 Å². The molecule has 5 nitrogen and oxygen atoms in total. The van der Waals surface area contributed by atoms with E-state index >= 15 is 0 Å². The van der Waals surface area contributed by atoms with E-state index in [0.717, 1.165) is 44.3 Å². The minimum atomic E-state index is -0.455. The quantitative estimate of drug-likeness (QED) is 0.347. The molecule has 0 radical (unpaired) electrons. The number of para-hydroxylation sites is 1. The van der Waals surface area contributed by atoms with Gasteiger partial charge in [-0.25, -0.2) is 4.79 Å². The van der Waals surface area contributed by atoms with Gasteiger partial charge >= 0.3 is 5.97 Å². The molecular weight excluding hydrogens is 412 g/mol. The van der Waals surface area contributed by atoms with Crippen LogP contribution in [0.3, 0.4) is 0 Å². The molecule has 5 heteroatoms. The molecule has 1 heterocycles. The number of unbranched alkanes of at least 4 members (excludes halogenated alkanes) is 2. The summed E-state index contributed by atoms with van der Waals surface area (Å²) in [4.78, 5) is 27.4. The molecule has 2 aromatic rings. The Labute approximate surface area is 198 Å². The summed E-state index contributed by atoms with van der Waals surface area (Å²) in [6.45, 7) is 6.41. The Morgan fingerprint density at radius 3 is 2.30 bits per heavy atom. The number of anilines is 1. The molecule has 1 saturated heterocycles. The normalized spacial score (nSPS) is 15.6. The van der Waals surface area contributed by atoms with Crippen LogP contribution in [0, 0.1) is 0 Å². The fourth-order valence-electron chi connectivity index (χ4n) is 4.98. The lowest BCUT2D eigenvalue weighted by Gasteiger charge is -2.34. The van der Waals surface area contributed by atoms with E-state index in [9.17, 15) is 9.59 Å². The second-order valence-electron chi connectivity index (χ2n) is 8.93. The largest absolute Gasteiger partial charge is 0.462 e. The van der Waals surface area contributed by atoms with Crippen LogP contribution >= 0.6 is 0 Å². The summed E-state index contributed by atoms with van der Waals surface area (Å²) >= 11 is 0. The van der Waals surface area contributed by atoms with E-state index in [4.69, 9.17) is 10.5 Å². The Kier molecular flexibility index (Phi) is 9.35. The van der Waals surface area contributed by atoms with Crippen LogP contribution in [0.5, 0.6) is 0 Å². The third-order valence-corrected chi connectivity index (χ3v) is 6.64. The zero-order valence-corrected chi connectivity index (χ0v) is 20.1. The molecule has 33 heavy (non-hydrogen) atoms. The minimum Gasteiger partial charge on any atom is -0.462 e. The van der Waals surface area contributed by atoms with Gasteiger partial charge in [0.15, 0.2) is 0 Å². The van der Waals surface area contributed by atoms with Crippen molar-refractivity contribution in [3.63, 3.8) is 0 Å². The van der Waals surface area contributed by atoms with E-state index in [0.29, 0.717) is 12.2 Å². The zero-order chi connectivity index (χ0) is 23.6. The van der Waals surface area contributed by atoms with Crippen LogP contribution < -0.4 is 10.6 Å². The summed E-state index contributed by atoms with van der Waals surface area (Å²) in [5.41, 5.74) is 9.81. The molecule has 0 aromatic heterocycles. The number of piperidine rings is 1. The first kappa shape index (κ1) is 24.8. The summed E-state index contributed by atoms with van der Waals surface area (Å²) in [5, 5.41) is 0. The van der Waals surface area contributed by atoms with Crippen LogP contribution in [0.2, 0.25) is 0 Å². The van der Waals surface area contributed by atoms with Crippen molar-refractivity contribution < 1.29 is 14.3 Å². The molecule has 2 aromatic carbocycles. The molecule has 2 N–H and O–H groups in total. The molecular formula is C28H38N2O3. The van der Waals surface area contributed by atoms with Crippen molar-refractivity contribution in [1.82, 2.24) is 0 Å². The van der Waals surface area contributed by atoms with Gasteiger partial charge in [-0.1, -0.05) is 56.5 Å². The van der Waals surface area contributed by atoms with Gasteiger partial charge in [0.1, 0.15) is 0 Å². The van der Waals surface area contributed by atoms with E-state index in [-0.39, 0.29) is 17.8 Å². The predicted octanol–water partition coefficient (Wildman–Crippen LogP) is 5.79. The summed E-state index contributed by atoms with van der Waals surface area (Å²) in [6.07, 6.45) is 7.85. The lowest BCUT2D eigenvalue weighted by Crippen LogP contribution is -2.32. The number of hydrogen-bond acceptors (Lipinski definition) is 4. The van der Waals surface area contributed by atoms with Gasteiger partial charge in [-0.15, -0.1) is 0 Å². The first-order valence-corrected chi connectivity index (χ1v) is 12.5. The van der Waals surface area contributed by atoms with Gasteiger partial charge in [-0.05, 0) is 61.9 Å². The first-order valence-electron chi connectivity index (χ1n) is 12.5. The van der Waals surface area contributed by atoms with Crippen molar-refractivity contribution in [2.75, 3.05) is 24.6 Å². The molecule has 1 aliphatic heterocycles. The Bertz CT molecular complexity index is 904. The number of nitrogens with two attached hydrogens (primary N) is 1. The van der Waals surface area contributed by atoms with E-state index in [2.05, 4.69) is 36.1 Å². The minimum absolute atomic E-state index is 0.0133. The van der Waals surface area contributed by atoms with E-state index in [1.807, 2.05) is 12.1 Å². The van der Waals surface area contributed by atoms with Crippen LogP contribution in [0.1, 0.15) is 92.1 Å². The number of hydrogen-bond donors (Lipinski definition) is 1. The summed E-state index contributed by atoms with van der Waals surface area (Å²) in [6, 6.07) is 15.7. The second-order valence-corrected chi connectivity index (χ2v) is 8.93. The Balaban J connectivity index is 1.99. The van der Waals surface area contributed by atoms with Gasteiger partial charge in [0.25, 0.3) is 0 Å². The Morgan fingerprint density at radius 1 is 0.970 bits per heavy atom. The summed E-state index contributed by atoms with van der Waals surface area (Å²) in [7, 11) is 0. The molecule has 0 saturated carbocycles. The second kappa shape index (κ2) is 12.4. The molecule has 0 spiro atoms. The molecule has 3 rings (SSSR count). The Morgan fingerprint density at radius 2 is 1.67 bits per heavy atom. The van der Waals surface area contributed by atoms with Crippen LogP contribution in [0.15, 0.2) is 48.5 Å². The number of esters is 1. The van der Waals surface area contributed by atoms with E-state index in [1.54, 1.807) is 19.1 Å². The maximum absolute atomic E-state index is 12.9. The molecule has 1 fully saturated rings. The highest BCUT2D eigenvalue weighted by molar-refractivity contribution is 5.90. The molecule has 0 aliphatic carbocycles. The van der Waals surface area contributed by atoms with Crippen LogP contribution in [0.4, 0.5) is 5.69 Å². The summed E-state index contributed by atoms with van der Waals surface area (Å²) in [5.74, 6) is -1.15. The molecule has 1 amide bonds. The van der Waals surface area contributed by atoms with Crippen LogP contribution in [-0.4, -0.2) is 31.6 Å². The highest BCUT2D eigenvalue weighted by atomic mass is 16.5. The average Bonchev–Trinajstić information content (AvgIpc) is 2.84. The standard InChI is InChI=1S/C28H38N2O3/c1-3-5-7-13-24(23-12-8-9-14-25(23)30-19-10-6-11-20-30)26(27(29)31)21-15-17-22(18-16-21)28(32)33-4-2/h8-9,12,14-18,24,26H,3-7,10-11,13,19-20H2,1-2H3,(H2,29,31). The van der Waals surface area contributed by atoms with Crippen LogP contribution in [-0.2, 0) is 9.53 Å². The molecule has 1 aliphatic rings. The number of amides is 1. The SMILES string of the molecule is CCCCCC(c1ccccc1N1CCCCC1)C(C(N)=O)c1ccc(C(=O)OCC)cc1. The average molecular weight is 451 g/mol. The number of carbonyl (C=O) groups is 2. The van der Waals surface area contributed by atoms with Gasteiger partial charge in [0.05, 0.1) is 18.1 Å². The maximum Gasteiger partial charge on any atom is 0.338 e. The monoisotopic (exact) mass is 450 g/mol. The van der Waals surface area contributed by atoms with E-state index in [1.165, 1.54) is 30.5 Å². The highest BCUT2D eigenvalue weighted by Crippen LogP contribution is 2.41. The van der Waals surface area contributed by atoms with Crippen molar-refractivity contribution in [3.05, 3.63) is 65.2 Å². The number of benzene rings is 2. The summed E-state index contributed by atoms with van der Waals surface area (Å²) < 4.78 is 5.10. The topological polar surface area (TPSA) is 72.6 Å². The lowest BCUT2D eigenvalue weighted by atomic mass is 9.77. The Hall–Kier alpha value is -2.82. The lowest BCUT2D eigenvalue weighted by molar-refractivity contribution is -0.120. The predicted molar refractivity (Wildman–Crippen MR) is 134 cm³/mol. The van der Waals surface area contributed by atoms with Crippen molar-refractivity contribution in [2.45, 2.75) is 70.6 Å². The third kappa shape index (κ3) is 6.37. The highest BCUT2D eigenvalue weighted by Gasteiger charge is 2.32. The number of ether oxygens (including phenoxy) is 1. The zero-order valence-electron chi connectivity index (χ0n) is 20.1. The molecule has 2 atom stereocenters. The van der Waals surface area contributed by atoms with Gasteiger partial charge < -0.3 is 15.4 Å². The van der Waals surface area contributed by atoms with Crippen molar-refractivity contribution >= 4 is 17.6 Å².